The Bertz CT molecular complexity index is 815. The maximum Gasteiger partial charge on any atom is 0.241 e. The molecule has 0 spiro atoms. The predicted molar refractivity (Wildman–Crippen MR) is 110 cm³/mol. The van der Waals surface area contributed by atoms with Crippen LogP contribution < -0.4 is 10.0 Å². The summed E-state index contributed by atoms with van der Waals surface area (Å²) in [6.45, 7) is 5.76. The summed E-state index contributed by atoms with van der Waals surface area (Å²) >= 11 is 5.78. The van der Waals surface area contributed by atoms with Crippen molar-refractivity contribution in [3.8, 4) is 0 Å². The van der Waals surface area contributed by atoms with Gasteiger partial charge in [-0.05, 0) is 57.9 Å². The zero-order chi connectivity index (χ0) is 21.7. The number of ether oxygens (including phenoxy) is 1. The van der Waals surface area contributed by atoms with Crippen molar-refractivity contribution in [2.45, 2.75) is 50.2 Å². The van der Waals surface area contributed by atoms with E-state index in [0.717, 1.165) is 12.8 Å². The van der Waals surface area contributed by atoms with Crippen molar-refractivity contribution in [1.82, 2.24) is 14.9 Å². The Balaban J connectivity index is 2.03. The van der Waals surface area contributed by atoms with Gasteiger partial charge in [-0.25, -0.2) is 13.1 Å². The van der Waals surface area contributed by atoms with Crippen LogP contribution in [0.25, 0.3) is 0 Å². The first-order valence-electron chi connectivity index (χ1n) is 9.42. The average Bonchev–Trinajstić information content (AvgIpc) is 3.11. The molecule has 1 aromatic carbocycles. The molecule has 162 valence electrons. The van der Waals surface area contributed by atoms with E-state index in [1.54, 1.807) is 0 Å². The molecule has 0 aliphatic carbocycles. The van der Waals surface area contributed by atoms with E-state index in [1.807, 2.05) is 20.8 Å². The maximum atomic E-state index is 12.7. The molecule has 0 saturated carbocycles. The zero-order valence-corrected chi connectivity index (χ0v) is 18.5. The highest BCUT2D eigenvalue weighted by Gasteiger charge is 2.26. The molecule has 1 fully saturated rings. The van der Waals surface area contributed by atoms with Gasteiger partial charge in [0.05, 0.1) is 24.1 Å². The molecule has 1 saturated heterocycles. The summed E-state index contributed by atoms with van der Waals surface area (Å²) in [6, 6.07) is 5.63. The fourth-order valence-electron chi connectivity index (χ4n) is 2.89. The van der Waals surface area contributed by atoms with Gasteiger partial charge in [-0.3, -0.25) is 9.59 Å². The number of benzene rings is 1. The number of halogens is 1. The van der Waals surface area contributed by atoms with Crippen LogP contribution in [0.2, 0.25) is 5.02 Å². The number of nitrogens with one attached hydrogen (secondary N) is 2. The highest BCUT2D eigenvalue weighted by molar-refractivity contribution is 7.89. The van der Waals surface area contributed by atoms with Gasteiger partial charge in [-0.2, -0.15) is 0 Å². The van der Waals surface area contributed by atoms with Crippen LogP contribution in [0.3, 0.4) is 0 Å². The maximum absolute atomic E-state index is 12.7. The van der Waals surface area contributed by atoms with E-state index < -0.39 is 28.0 Å². The highest BCUT2D eigenvalue weighted by atomic mass is 35.5. The quantitative estimate of drug-likeness (QED) is 0.631. The lowest BCUT2D eigenvalue weighted by molar-refractivity contribution is -0.137. The molecule has 2 rings (SSSR count). The van der Waals surface area contributed by atoms with Gasteiger partial charge in [0.25, 0.3) is 0 Å². The minimum absolute atomic E-state index is 0.00542. The topological polar surface area (TPSA) is 105 Å². The van der Waals surface area contributed by atoms with Crippen molar-refractivity contribution in [3.05, 3.63) is 29.3 Å². The van der Waals surface area contributed by atoms with Crippen LogP contribution >= 0.6 is 11.6 Å². The largest absolute Gasteiger partial charge is 0.376 e. The Morgan fingerprint density at radius 2 is 1.90 bits per heavy atom. The summed E-state index contributed by atoms with van der Waals surface area (Å²) in [4.78, 5) is 26.4. The second-order valence-electron chi connectivity index (χ2n) is 7.99. The van der Waals surface area contributed by atoms with Crippen LogP contribution in [0.15, 0.2) is 29.2 Å². The van der Waals surface area contributed by atoms with Gasteiger partial charge in [0.2, 0.25) is 21.8 Å². The van der Waals surface area contributed by atoms with Crippen molar-refractivity contribution in [2.75, 3.05) is 26.2 Å². The first kappa shape index (κ1) is 23.6. The normalized spacial score (nSPS) is 17.2. The number of carbonyl (C=O) groups is 2. The average molecular weight is 446 g/mol. The Labute approximate surface area is 177 Å². The lowest BCUT2D eigenvalue weighted by Gasteiger charge is -2.27. The first-order chi connectivity index (χ1) is 13.5. The van der Waals surface area contributed by atoms with Gasteiger partial charge >= 0.3 is 0 Å². The number of carbonyl (C=O) groups excluding carboxylic acids is 2. The summed E-state index contributed by atoms with van der Waals surface area (Å²) in [7, 11) is -3.88. The number of hydrogen-bond donors (Lipinski definition) is 2. The molecular weight excluding hydrogens is 418 g/mol. The van der Waals surface area contributed by atoms with E-state index in [2.05, 4.69) is 10.0 Å². The van der Waals surface area contributed by atoms with Crippen LogP contribution in [0, 0.1) is 0 Å². The third kappa shape index (κ3) is 7.93. The predicted octanol–water partition coefficient (Wildman–Crippen LogP) is 1.54. The Kier molecular flexibility index (Phi) is 8.04. The second-order valence-corrected chi connectivity index (χ2v) is 10.2. The number of nitrogens with zero attached hydrogens (tertiary/aromatic N) is 1. The molecule has 1 aliphatic heterocycles. The monoisotopic (exact) mass is 445 g/mol. The van der Waals surface area contributed by atoms with Crippen molar-refractivity contribution >= 4 is 33.4 Å². The molecular formula is C19H28ClN3O5S. The fourth-order valence-corrected chi connectivity index (χ4v) is 3.99. The molecule has 0 radical (unpaired) electrons. The minimum Gasteiger partial charge on any atom is -0.376 e. The summed E-state index contributed by atoms with van der Waals surface area (Å²) in [5.41, 5.74) is -0.439. The molecule has 1 heterocycles. The smallest absolute Gasteiger partial charge is 0.241 e. The molecule has 0 unspecified atom stereocenters. The Morgan fingerprint density at radius 3 is 2.45 bits per heavy atom. The van der Waals surface area contributed by atoms with Crippen molar-refractivity contribution in [1.29, 1.82) is 0 Å². The van der Waals surface area contributed by atoms with E-state index >= 15 is 0 Å². The number of amides is 2. The number of sulfonamides is 1. The van der Waals surface area contributed by atoms with Crippen LogP contribution in [0.4, 0.5) is 0 Å². The SMILES string of the molecule is CC(C)(C)NC(=O)CN(C[C@H]1CCCO1)C(=O)CNS(=O)(=O)c1ccc(Cl)cc1. The molecule has 0 bridgehead atoms. The first-order valence-corrected chi connectivity index (χ1v) is 11.3. The van der Waals surface area contributed by atoms with E-state index in [1.165, 1.54) is 29.2 Å². The minimum atomic E-state index is -3.88. The van der Waals surface area contributed by atoms with Crippen LogP contribution in [-0.2, 0) is 24.3 Å². The summed E-state index contributed by atoms with van der Waals surface area (Å²) in [5, 5.41) is 3.22. The molecule has 0 aromatic heterocycles. The Morgan fingerprint density at radius 1 is 1.24 bits per heavy atom. The van der Waals surface area contributed by atoms with Crippen LogP contribution in [-0.4, -0.2) is 63.0 Å². The molecule has 1 aromatic rings. The Hall–Kier alpha value is -1.68. The molecule has 10 heteroatoms. The lowest BCUT2D eigenvalue weighted by Crippen LogP contribution is -2.50. The van der Waals surface area contributed by atoms with Gasteiger partial charge in [0, 0.05) is 23.7 Å². The summed E-state index contributed by atoms with van der Waals surface area (Å²) < 4.78 is 32.6. The van der Waals surface area contributed by atoms with Crippen molar-refractivity contribution < 1.29 is 22.7 Å². The van der Waals surface area contributed by atoms with Crippen LogP contribution in [0.5, 0.6) is 0 Å². The molecule has 1 atom stereocenters. The van der Waals surface area contributed by atoms with Gasteiger partial charge in [-0.15, -0.1) is 0 Å². The van der Waals surface area contributed by atoms with Crippen LogP contribution in [0.1, 0.15) is 33.6 Å². The molecule has 8 nitrogen and oxygen atoms in total. The third-order valence-electron chi connectivity index (χ3n) is 4.19. The van der Waals surface area contributed by atoms with Gasteiger partial charge < -0.3 is 15.0 Å². The fraction of sp³-hybridized carbons (Fsp3) is 0.579. The van der Waals surface area contributed by atoms with E-state index in [0.29, 0.717) is 11.6 Å². The second kappa shape index (κ2) is 9.88. The van der Waals surface area contributed by atoms with Crippen molar-refractivity contribution in [3.63, 3.8) is 0 Å². The van der Waals surface area contributed by atoms with E-state index in [4.69, 9.17) is 16.3 Å². The standard InChI is InChI=1S/C19H28ClN3O5S/c1-19(2,3)22-17(24)13-23(12-15-5-4-10-28-15)18(25)11-21-29(26,27)16-8-6-14(20)7-9-16/h6-9,15,21H,4-5,10-13H2,1-3H3,(H,22,24)/t15-/m1/s1. The number of rotatable bonds is 8. The highest BCUT2D eigenvalue weighted by Crippen LogP contribution is 2.15. The molecule has 29 heavy (non-hydrogen) atoms. The lowest BCUT2D eigenvalue weighted by atomic mass is 10.1. The van der Waals surface area contributed by atoms with E-state index in [-0.39, 0.29) is 30.0 Å². The van der Waals surface area contributed by atoms with Gasteiger partial charge in [0.15, 0.2) is 0 Å². The summed E-state index contributed by atoms with van der Waals surface area (Å²) in [5.74, 6) is -0.813. The third-order valence-corrected chi connectivity index (χ3v) is 5.86. The molecule has 1 aliphatic rings. The molecule has 2 N–H and O–H groups in total. The zero-order valence-electron chi connectivity index (χ0n) is 16.9. The summed E-state index contributed by atoms with van der Waals surface area (Å²) in [6.07, 6.45) is 1.53. The van der Waals surface area contributed by atoms with E-state index in [9.17, 15) is 18.0 Å². The van der Waals surface area contributed by atoms with Gasteiger partial charge in [0.1, 0.15) is 0 Å². The van der Waals surface area contributed by atoms with Crippen molar-refractivity contribution in [2.24, 2.45) is 0 Å². The number of hydrogen-bond acceptors (Lipinski definition) is 5. The molecule has 2 amide bonds. The van der Waals surface area contributed by atoms with Gasteiger partial charge in [-0.1, -0.05) is 11.6 Å².